The second-order valence-electron chi connectivity index (χ2n) is 4.48. The van der Waals surface area contributed by atoms with E-state index in [4.69, 9.17) is 0 Å². The molecule has 0 aromatic carbocycles. The lowest BCUT2D eigenvalue weighted by Crippen LogP contribution is -2.38. The van der Waals surface area contributed by atoms with Crippen molar-refractivity contribution in [3.8, 4) is 0 Å². The first-order valence-electron chi connectivity index (χ1n) is 6.20. The van der Waals surface area contributed by atoms with E-state index < -0.39 is 6.04 Å². The molecule has 1 rings (SSSR count). The van der Waals surface area contributed by atoms with Gasteiger partial charge in [0.25, 0.3) is 5.56 Å². The summed E-state index contributed by atoms with van der Waals surface area (Å²) in [6, 6.07) is -0.453. The highest BCUT2D eigenvalue weighted by molar-refractivity contribution is 9.10. The first-order valence-corrected chi connectivity index (χ1v) is 6.99. The third-order valence-corrected chi connectivity index (χ3v) is 3.32. The van der Waals surface area contributed by atoms with Crippen LogP contribution in [-0.2, 0) is 4.79 Å². The molecule has 0 bridgehead atoms. The van der Waals surface area contributed by atoms with Gasteiger partial charge in [0.05, 0.1) is 17.9 Å². The van der Waals surface area contributed by atoms with E-state index in [1.165, 1.54) is 4.68 Å². The minimum absolute atomic E-state index is 0.0151. The monoisotopic (exact) mass is 330 g/mol. The van der Waals surface area contributed by atoms with Crippen molar-refractivity contribution in [3.63, 3.8) is 0 Å². The number of anilines is 1. The van der Waals surface area contributed by atoms with E-state index in [0.29, 0.717) is 16.7 Å². The SMILES string of the molecule is CCNC(=O)C(C)Nc1cnn(C(C)C)c(=O)c1Br. The highest BCUT2D eigenvalue weighted by atomic mass is 79.9. The second kappa shape index (κ2) is 6.70. The lowest BCUT2D eigenvalue weighted by Gasteiger charge is -2.16. The number of nitrogens with zero attached hydrogens (tertiary/aromatic N) is 2. The van der Waals surface area contributed by atoms with Gasteiger partial charge in [-0.1, -0.05) is 0 Å². The number of hydrogen-bond acceptors (Lipinski definition) is 4. The predicted molar refractivity (Wildman–Crippen MR) is 78.4 cm³/mol. The van der Waals surface area contributed by atoms with Gasteiger partial charge in [-0.25, -0.2) is 4.68 Å². The molecular formula is C12H19BrN4O2. The van der Waals surface area contributed by atoms with Gasteiger partial charge < -0.3 is 10.6 Å². The lowest BCUT2D eigenvalue weighted by atomic mass is 10.3. The number of nitrogens with one attached hydrogen (secondary N) is 2. The van der Waals surface area contributed by atoms with Crippen LogP contribution < -0.4 is 16.2 Å². The van der Waals surface area contributed by atoms with Crippen molar-refractivity contribution in [2.24, 2.45) is 0 Å². The molecule has 0 saturated carbocycles. The Morgan fingerprint density at radius 3 is 2.63 bits per heavy atom. The Labute approximate surface area is 120 Å². The van der Waals surface area contributed by atoms with Crippen LogP contribution in [0.1, 0.15) is 33.7 Å². The Morgan fingerprint density at radius 1 is 1.47 bits per heavy atom. The highest BCUT2D eigenvalue weighted by Crippen LogP contribution is 2.18. The molecule has 0 aliphatic rings. The molecule has 1 heterocycles. The third-order valence-electron chi connectivity index (χ3n) is 2.55. The molecule has 7 heteroatoms. The van der Waals surface area contributed by atoms with E-state index in [9.17, 15) is 9.59 Å². The Bertz CT molecular complexity index is 513. The summed E-state index contributed by atoms with van der Waals surface area (Å²) in [6.07, 6.45) is 1.54. The van der Waals surface area contributed by atoms with E-state index in [1.54, 1.807) is 13.1 Å². The van der Waals surface area contributed by atoms with E-state index in [2.05, 4.69) is 31.7 Å². The quantitative estimate of drug-likeness (QED) is 0.858. The molecule has 0 saturated heterocycles. The second-order valence-corrected chi connectivity index (χ2v) is 5.27. The van der Waals surface area contributed by atoms with Crippen molar-refractivity contribution < 1.29 is 4.79 Å². The van der Waals surface area contributed by atoms with Crippen molar-refractivity contribution in [2.45, 2.75) is 39.8 Å². The zero-order valence-electron chi connectivity index (χ0n) is 11.5. The number of aromatic nitrogens is 2. The molecule has 1 atom stereocenters. The molecule has 0 radical (unpaired) electrons. The van der Waals surface area contributed by atoms with Gasteiger partial charge in [-0.2, -0.15) is 5.10 Å². The first kappa shape index (κ1) is 15.7. The Kier molecular flexibility index (Phi) is 5.53. The molecule has 1 amide bonds. The topological polar surface area (TPSA) is 76.0 Å². The van der Waals surface area contributed by atoms with Gasteiger partial charge >= 0.3 is 0 Å². The fourth-order valence-corrected chi connectivity index (χ4v) is 1.94. The van der Waals surface area contributed by atoms with Crippen molar-refractivity contribution in [2.75, 3.05) is 11.9 Å². The summed E-state index contributed by atoms with van der Waals surface area (Å²) < 4.78 is 1.76. The van der Waals surface area contributed by atoms with Crippen molar-refractivity contribution in [1.82, 2.24) is 15.1 Å². The Balaban J connectivity index is 2.95. The maximum absolute atomic E-state index is 12.0. The van der Waals surface area contributed by atoms with Crippen LogP contribution in [0.5, 0.6) is 0 Å². The summed E-state index contributed by atoms with van der Waals surface area (Å²) in [5.74, 6) is -0.123. The molecule has 106 valence electrons. The molecule has 6 nitrogen and oxygen atoms in total. The number of likely N-dealkylation sites (N-methyl/N-ethyl adjacent to an activating group) is 1. The van der Waals surface area contributed by atoms with Gasteiger partial charge in [0.2, 0.25) is 5.91 Å². The minimum Gasteiger partial charge on any atom is -0.372 e. The molecule has 1 unspecified atom stereocenters. The third kappa shape index (κ3) is 3.79. The van der Waals surface area contributed by atoms with Crippen LogP contribution in [0.4, 0.5) is 5.69 Å². The highest BCUT2D eigenvalue weighted by Gasteiger charge is 2.16. The minimum atomic E-state index is -0.438. The zero-order chi connectivity index (χ0) is 14.6. The van der Waals surface area contributed by atoms with Crippen LogP contribution in [-0.4, -0.2) is 28.3 Å². The van der Waals surface area contributed by atoms with Crippen molar-refractivity contribution >= 4 is 27.5 Å². The lowest BCUT2D eigenvalue weighted by molar-refractivity contribution is -0.121. The van der Waals surface area contributed by atoms with E-state index >= 15 is 0 Å². The Morgan fingerprint density at radius 2 is 2.11 bits per heavy atom. The molecule has 19 heavy (non-hydrogen) atoms. The predicted octanol–water partition coefficient (Wildman–Crippen LogP) is 1.52. The molecule has 0 aliphatic heterocycles. The molecule has 0 fully saturated rings. The number of rotatable bonds is 5. The first-order chi connectivity index (χ1) is 8.88. The molecule has 2 N–H and O–H groups in total. The summed E-state index contributed by atoms with van der Waals surface area (Å²) >= 11 is 3.25. The summed E-state index contributed by atoms with van der Waals surface area (Å²) in [4.78, 5) is 23.6. The van der Waals surface area contributed by atoms with Crippen LogP contribution in [0, 0.1) is 0 Å². The van der Waals surface area contributed by atoms with Crippen molar-refractivity contribution in [1.29, 1.82) is 0 Å². The van der Waals surface area contributed by atoms with Gasteiger partial charge in [-0.05, 0) is 43.6 Å². The van der Waals surface area contributed by atoms with Gasteiger partial charge in [0.15, 0.2) is 0 Å². The van der Waals surface area contributed by atoms with Crippen LogP contribution in [0.3, 0.4) is 0 Å². The number of amides is 1. The van der Waals surface area contributed by atoms with Gasteiger partial charge in [0.1, 0.15) is 10.5 Å². The molecule has 1 aromatic rings. The molecule has 0 aliphatic carbocycles. The summed E-state index contributed by atoms with van der Waals surface area (Å²) in [7, 11) is 0. The number of halogens is 1. The number of carbonyl (C=O) groups is 1. The largest absolute Gasteiger partial charge is 0.372 e. The standard InChI is InChI=1S/C12H19BrN4O2/c1-5-14-11(18)8(4)16-9-6-15-17(7(2)3)12(19)10(9)13/h6-8,16H,5H2,1-4H3,(H,14,18). The maximum atomic E-state index is 12.0. The summed E-state index contributed by atoms with van der Waals surface area (Å²) in [5.41, 5.74) is 0.295. The smallest absolute Gasteiger partial charge is 0.283 e. The Hall–Kier alpha value is -1.37. The number of hydrogen-bond donors (Lipinski definition) is 2. The molecule has 1 aromatic heterocycles. The van der Waals surface area contributed by atoms with Crippen LogP contribution in [0.25, 0.3) is 0 Å². The van der Waals surface area contributed by atoms with E-state index in [-0.39, 0.29) is 17.5 Å². The fraction of sp³-hybridized carbons (Fsp3) is 0.583. The van der Waals surface area contributed by atoms with Crippen molar-refractivity contribution in [3.05, 3.63) is 21.0 Å². The average molecular weight is 331 g/mol. The van der Waals surface area contributed by atoms with E-state index in [1.807, 2.05) is 20.8 Å². The van der Waals surface area contributed by atoms with Crippen LogP contribution in [0.15, 0.2) is 15.5 Å². The van der Waals surface area contributed by atoms with Gasteiger partial charge in [-0.3, -0.25) is 9.59 Å². The van der Waals surface area contributed by atoms with Gasteiger partial charge in [0, 0.05) is 6.54 Å². The maximum Gasteiger partial charge on any atom is 0.283 e. The number of carbonyl (C=O) groups excluding carboxylic acids is 1. The van der Waals surface area contributed by atoms with Crippen LogP contribution >= 0.6 is 15.9 Å². The van der Waals surface area contributed by atoms with Crippen LogP contribution in [0.2, 0.25) is 0 Å². The molecule has 0 spiro atoms. The summed E-state index contributed by atoms with van der Waals surface area (Å²) in [5, 5.41) is 9.75. The van der Waals surface area contributed by atoms with Gasteiger partial charge in [-0.15, -0.1) is 0 Å². The average Bonchev–Trinajstić information content (AvgIpc) is 2.34. The normalized spacial score (nSPS) is 12.3. The summed E-state index contributed by atoms with van der Waals surface area (Å²) in [6.45, 7) is 7.91. The van der Waals surface area contributed by atoms with E-state index in [0.717, 1.165) is 0 Å². The fourth-order valence-electron chi connectivity index (χ4n) is 1.54. The molecular weight excluding hydrogens is 312 g/mol. The zero-order valence-corrected chi connectivity index (χ0v) is 13.1.